The number of aliphatic hydroxyl groups excluding tert-OH is 2. The van der Waals surface area contributed by atoms with Gasteiger partial charge in [-0.1, -0.05) is 0 Å². The van der Waals surface area contributed by atoms with Crippen molar-refractivity contribution in [2.75, 3.05) is 25.1 Å². The van der Waals surface area contributed by atoms with E-state index in [0.717, 1.165) is 12.3 Å². The summed E-state index contributed by atoms with van der Waals surface area (Å²) in [6.07, 6.45) is -4.31. The Morgan fingerprint density at radius 2 is 2.00 bits per heavy atom. The van der Waals surface area contributed by atoms with Crippen LogP contribution < -0.4 is 20.5 Å². The van der Waals surface area contributed by atoms with Gasteiger partial charge in [0.1, 0.15) is 11.9 Å². The van der Waals surface area contributed by atoms with Gasteiger partial charge in [0.2, 0.25) is 6.23 Å². The van der Waals surface area contributed by atoms with Gasteiger partial charge in [-0.2, -0.15) is 13.8 Å². The van der Waals surface area contributed by atoms with Crippen LogP contribution in [0.3, 0.4) is 0 Å². The van der Waals surface area contributed by atoms with E-state index in [1.807, 2.05) is 0 Å². The Hall–Kier alpha value is -3.09. The van der Waals surface area contributed by atoms with Crippen LogP contribution in [0.15, 0.2) is 35.3 Å². The molecule has 3 atom stereocenters. The molecule has 1 unspecified atom stereocenters. The molecule has 0 spiro atoms. The molecular weight excluding hydrogens is 420 g/mol. The standard InChI is InChI=1S/C19H19F2N3O7/c20-19(21)15(26)13(9-25)31-17(19)24-5-4-14(23-18(24)28)22-16(27)10-2-3-11-12(8-10)30-7-1-6-29-11/h2-5,8,13,15,17,25-26H,1,6-7,9H2,(H,22,23,27,28)/t13-,15-,17?/m1/s1. The maximum atomic E-state index is 14.2. The predicted molar refractivity (Wildman–Crippen MR) is 100 cm³/mol. The molecule has 2 aromatic rings. The fourth-order valence-corrected chi connectivity index (χ4v) is 3.27. The number of ether oxygens (including phenoxy) is 3. The van der Waals surface area contributed by atoms with Crippen molar-refractivity contribution in [1.29, 1.82) is 0 Å². The topological polar surface area (TPSA) is 132 Å². The summed E-state index contributed by atoms with van der Waals surface area (Å²) in [5, 5.41) is 21.1. The molecule has 0 saturated carbocycles. The van der Waals surface area contributed by atoms with Crippen LogP contribution in [0.2, 0.25) is 0 Å². The Labute approximate surface area is 174 Å². The Bertz CT molecular complexity index is 1050. The van der Waals surface area contributed by atoms with E-state index in [1.54, 1.807) is 6.07 Å². The van der Waals surface area contributed by atoms with Crippen molar-refractivity contribution in [3.8, 4) is 11.5 Å². The van der Waals surface area contributed by atoms with Crippen molar-refractivity contribution in [2.24, 2.45) is 0 Å². The average Bonchev–Trinajstić information content (AvgIpc) is 2.90. The zero-order valence-corrected chi connectivity index (χ0v) is 16.0. The molecule has 2 aliphatic rings. The van der Waals surface area contributed by atoms with Gasteiger partial charge in [0, 0.05) is 18.2 Å². The summed E-state index contributed by atoms with van der Waals surface area (Å²) in [5.74, 6) is -3.67. The number of hydrogen-bond acceptors (Lipinski definition) is 8. The van der Waals surface area contributed by atoms with E-state index < -0.39 is 42.6 Å². The number of benzene rings is 1. The Balaban J connectivity index is 1.52. The van der Waals surface area contributed by atoms with Gasteiger partial charge in [-0.3, -0.25) is 9.36 Å². The highest BCUT2D eigenvalue weighted by atomic mass is 19.3. The van der Waals surface area contributed by atoms with Crippen molar-refractivity contribution in [3.05, 3.63) is 46.5 Å². The fraction of sp³-hybridized carbons (Fsp3) is 0.421. The molecule has 4 rings (SSSR count). The van der Waals surface area contributed by atoms with Gasteiger partial charge in [0.25, 0.3) is 5.91 Å². The number of nitrogens with zero attached hydrogens (tertiary/aromatic N) is 2. The van der Waals surface area contributed by atoms with Crippen LogP contribution in [0.25, 0.3) is 0 Å². The van der Waals surface area contributed by atoms with E-state index in [0.29, 0.717) is 35.7 Å². The normalized spacial score (nSPS) is 24.5. The Morgan fingerprint density at radius 3 is 2.68 bits per heavy atom. The van der Waals surface area contributed by atoms with Crippen LogP contribution in [0, 0.1) is 0 Å². The summed E-state index contributed by atoms with van der Waals surface area (Å²) >= 11 is 0. The van der Waals surface area contributed by atoms with Gasteiger partial charge >= 0.3 is 11.6 Å². The summed E-state index contributed by atoms with van der Waals surface area (Å²) in [6, 6.07) is 5.72. The number of carbonyl (C=O) groups is 1. The summed E-state index contributed by atoms with van der Waals surface area (Å²) in [6.45, 7) is 0.0925. The molecule has 1 saturated heterocycles. The van der Waals surface area contributed by atoms with E-state index in [9.17, 15) is 23.5 Å². The van der Waals surface area contributed by atoms with Crippen LogP contribution in [0.4, 0.5) is 14.6 Å². The zero-order valence-electron chi connectivity index (χ0n) is 16.0. The molecule has 0 bridgehead atoms. The van der Waals surface area contributed by atoms with Crippen LogP contribution in [-0.2, 0) is 4.74 Å². The molecule has 10 nitrogen and oxygen atoms in total. The van der Waals surface area contributed by atoms with Crippen molar-refractivity contribution >= 4 is 11.7 Å². The molecular formula is C19H19F2N3O7. The van der Waals surface area contributed by atoms with E-state index in [4.69, 9.17) is 19.3 Å². The summed E-state index contributed by atoms with van der Waals surface area (Å²) in [7, 11) is 0. The number of aliphatic hydroxyl groups is 2. The van der Waals surface area contributed by atoms with Crippen LogP contribution in [-0.4, -0.2) is 63.6 Å². The summed E-state index contributed by atoms with van der Waals surface area (Å²) < 4.78 is 44.9. The molecule has 12 heteroatoms. The lowest BCUT2D eigenvalue weighted by Crippen LogP contribution is -2.41. The number of amides is 1. The van der Waals surface area contributed by atoms with Crippen LogP contribution >= 0.6 is 0 Å². The molecule has 1 amide bonds. The smallest absolute Gasteiger partial charge is 0.351 e. The molecule has 2 aliphatic heterocycles. The molecule has 3 heterocycles. The number of fused-ring (bicyclic) bond motifs is 1. The summed E-state index contributed by atoms with van der Waals surface area (Å²) in [4.78, 5) is 28.4. The Kier molecular flexibility index (Phi) is 5.60. The van der Waals surface area contributed by atoms with Gasteiger partial charge < -0.3 is 29.7 Å². The maximum absolute atomic E-state index is 14.2. The number of carbonyl (C=O) groups excluding carboxylic acids is 1. The molecule has 1 aromatic heterocycles. The minimum Gasteiger partial charge on any atom is -0.490 e. The lowest BCUT2D eigenvalue weighted by Gasteiger charge is -2.21. The minimum atomic E-state index is -3.83. The minimum absolute atomic E-state index is 0.168. The second kappa shape index (κ2) is 8.21. The fourth-order valence-electron chi connectivity index (χ4n) is 3.27. The third-order valence-electron chi connectivity index (χ3n) is 4.89. The number of aromatic nitrogens is 2. The second-order valence-electron chi connectivity index (χ2n) is 7.00. The van der Waals surface area contributed by atoms with E-state index in [-0.39, 0.29) is 11.4 Å². The molecule has 31 heavy (non-hydrogen) atoms. The zero-order chi connectivity index (χ0) is 22.2. The van der Waals surface area contributed by atoms with Crippen molar-refractivity contribution in [3.63, 3.8) is 0 Å². The monoisotopic (exact) mass is 439 g/mol. The van der Waals surface area contributed by atoms with E-state index >= 15 is 0 Å². The number of anilines is 1. The first kappa shape index (κ1) is 21.2. The first-order valence-corrected chi connectivity index (χ1v) is 9.43. The van der Waals surface area contributed by atoms with Crippen molar-refractivity contribution in [2.45, 2.75) is 30.8 Å². The van der Waals surface area contributed by atoms with Gasteiger partial charge in [0.05, 0.1) is 19.8 Å². The predicted octanol–water partition coefficient (Wildman–Crippen LogP) is 0.543. The van der Waals surface area contributed by atoms with Gasteiger partial charge in [0.15, 0.2) is 17.6 Å². The van der Waals surface area contributed by atoms with Gasteiger partial charge in [-0.25, -0.2) is 4.79 Å². The van der Waals surface area contributed by atoms with Crippen LogP contribution in [0.1, 0.15) is 23.0 Å². The third-order valence-corrected chi connectivity index (χ3v) is 4.89. The lowest BCUT2D eigenvalue weighted by atomic mass is 10.1. The second-order valence-corrected chi connectivity index (χ2v) is 7.00. The highest BCUT2D eigenvalue weighted by Crippen LogP contribution is 2.42. The number of rotatable bonds is 4. The quantitative estimate of drug-likeness (QED) is 0.629. The summed E-state index contributed by atoms with van der Waals surface area (Å²) in [5.41, 5.74) is -0.915. The maximum Gasteiger partial charge on any atom is 0.351 e. The molecule has 3 N–H and O–H groups in total. The largest absolute Gasteiger partial charge is 0.490 e. The lowest BCUT2D eigenvalue weighted by molar-refractivity contribution is -0.140. The van der Waals surface area contributed by atoms with Gasteiger partial charge in [-0.15, -0.1) is 0 Å². The Morgan fingerprint density at radius 1 is 1.26 bits per heavy atom. The van der Waals surface area contributed by atoms with Crippen molar-refractivity contribution < 1.29 is 38.0 Å². The van der Waals surface area contributed by atoms with E-state index in [1.165, 1.54) is 12.1 Å². The highest BCUT2D eigenvalue weighted by molar-refractivity contribution is 6.04. The third kappa shape index (κ3) is 3.96. The number of alkyl halides is 2. The number of halogens is 2. The van der Waals surface area contributed by atoms with Crippen LogP contribution in [0.5, 0.6) is 11.5 Å². The highest BCUT2D eigenvalue weighted by Gasteiger charge is 2.59. The van der Waals surface area contributed by atoms with Crippen molar-refractivity contribution in [1.82, 2.24) is 9.55 Å². The number of nitrogens with one attached hydrogen (secondary N) is 1. The SMILES string of the molecule is O=C(Nc1ccn(C2O[C@H](CO)[C@@H](O)C2(F)F)c(=O)n1)c1ccc2c(c1)OCCCO2. The molecule has 166 valence electrons. The molecule has 1 fully saturated rings. The van der Waals surface area contributed by atoms with Gasteiger partial charge in [-0.05, 0) is 24.3 Å². The van der Waals surface area contributed by atoms with E-state index in [2.05, 4.69) is 10.3 Å². The first-order valence-electron chi connectivity index (χ1n) is 9.43. The average molecular weight is 439 g/mol. The number of hydrogen-bond donors (Lipinski definition) is 3. The molecule has 0 aliphatic carbocycles. The first-order chi connectivity index (χ1) is 14.8. The molecule has 0 radical (unpaired) electrons. The molecule has 1 aromatic carbocycles.